The molecule has 2 aliphatic heterocycles. The van der Waals surface area contributed by atoms with E-state index >= 15 is 0 Å². The number of methoxy groups -OCH3 is 2. The highest BCUT2D eigenvalue weighted by molar-refractivity contribution is 6.16. The summed E-state index contributed by atoms with van der Waals surface area (Å²) in [6.45, 7) is 2.07. The Hall–Kier alpha value is -5.62. The molecule has 6 nitrogen and oxygen atoms in total. The SMILES string of the molecule is COC1=C2C(=CC(c3ccc(OC)cc3)C3C(=O)N(c4ccccc4)N=C(c4ccc(C)cc4)C23)c2ccc3ccccc3c2O1. The van der Waals surface area contributed by atoms with Gasteiger partial charge in [-0.3, -0.25) is 4.79 Å². The van der Waals surface area contributed by atoms with Crippen LogP contribution in [0.25, 0.3) is 16.3 Å². The van der Waals surface area contributed by atoms with Gasteiger partial charge in [-0.15, -0.1) is 0 Å². The topological polar surface area (TPSA) is 60.4 Å². The average molecular weight is 605 g/mol. The molecule has 0 bridgehead atoms. The monoisotopic (exact) mass is 604 g/mol. The predicted octanol–water partition coefficient (Wildman–Crippen LogP) is 8.27. The second-order valence-corrected chi connectivity index (χ2v) is 11.9. The summed E-state index contributed by atoms with van der Waals surface area (Å²) in [5, 5.41) is 8.80. The Labute approximate surface area is 267 Å². The van der Waals surface area contributed by atoms with E-state index in [1.54, 1.807) is 19.2 Å². The maximum Gasteiger partial charge on any atom is 0.289 e. The lowest BCUT2D eigenvalue weighted by Gasteiger charge is -2.45. The first kappa shape index (κ1) is 27.9. The Morgan fingerprint density at radius 3 is 2.26 bits per heavy atom. The molecule has 5 aromatic rings. The standard InChI is InChI=1S/C40H32N2O4/c1-24-13-15-27(16-14-24)37-36-34(39(43)42(41-37)28-10-5-4-6-11-28)32(26-17-20-29(44-2)21-18-26)23-33-31-22-19-25-9-7-8-12-30(25)38(31)46-40(45-3)35(33)36/h4-23,32,34,36H,1-3H3. The number of carbonyl (C=O) groups is 1. The van der Waals surface area contributed by atoms with Gasteiger partial charge in [0.2, 0.25) is 0 Å². The number of anilines is 1. The van der Waals surface area contributed by atoms with Crippen LogP contribution in [0.2, 0.25) is 0 Å². The zero-order valence-electron chi connectivity index (χ0n) is 25.8. The Balaban J connectivity index is 1.42. The number of hydrazone groups is 1. The van der Waals surface area contributed by atoms with Crippen LogP contribution in [0.3, 0.4) is 0 Å². The maximum atomic E-state index is 14.8. The first-order valence-electron chi connectivity index (χ1n) is 15.4. The number of fused-ring (bicyclic) bond motifs is 7. The number of allylic oxidation sites excluding steroid dienone is 3. The van der Waals surface area contributed by atoms with Crippen molar-refractivity contribution in [3.05, 3.63) is 155 Å². The van der Waals surface area contributed by atoms with Crippen LogP contribution in [-0.4, -0.2) is 25.8 Å². The minimum atomic E-state index is -0.531. The minimum Gasteiger partial charge on any atom is -0.497 e. The van der Waals surface area contributed by atoms with Crippen molar-refractivity contribution in [1.82, 2.24) is 0 Å². The van der Waals surface area contributed by atoms with Crippen molar-refractivity contribution >= 4 is 33.7 Å². The zero-order valence-corrected chi connectivity index (χ0v) is 25.8. The van der Waals surface area contributed by atoms with Crippen molar-refractivity contribution < 1.29 is 19.0 Å². The smallest absolute Gasteiger partial charge is 0.289 e. The Morgan fingerprint density at radius 2 is 1.52 bits per heavy atom. The van der Waals surface area contributed by atoms with Crippen molar-refractivity contribution in [2.45, 2.75) is 12.8 Å². The normalized spacial score (nSPS) is 20.2. The molecule has 3 atom stereocenters. The van der Waals surface area contributed by atoms with Gasteiger partial charge >= 0.3 is 0 Å². The summed E-state index contributed by atoms with van der Waals surface area (Å²) >= 11 is 0. The second-order valence-electron chi connectivity index (χ2n) is 11.9. The third kappa shape index (κ3) is 4.40. The fourth-order valence-electron chi connectivity index (χ4n) is 7.07. The van der Waals surface area contributed by atoms with Crippen LogP contribution in [-0.2, 0) is 9.53 Å². The molecule has 0 fully saturated rings. The summed E-state index contributed by atoms with van der Waals surface area (Å²) in [5.74, 6) is 0.554. The quantitative estimate of drug-likeness (QED) is 0.203. The first-order valence-corrected chi connectivity index (χ1v) is 15.4. The van der Waals surface area contributed by atoms with Crippen LogP contribution < -0.4 is 14.5 Å². The molecular weight excluding hydrogens is 572 g/mol. The summed E-state index contributed by atoms with van der Waals surface area (Å²) in [7, 11) is 3.29. The molecule has 5 aromatic carbocycles. The molecule has 0 saturated heterocycles. The number of carbonyl (C=O) groups excluding carboxylic acids is 1. The van der Waals surface area contributed by atoms with Crippen molar-refractivity contribution in [2.75, 3.05) is 19.2 Å². The summed E-state index contributed by atoms with van der Waals surface area (Å²) in [5.41, 5.74) is 7.40. The van der Waals surface area contributed by atoms with Gasteiger partial charge < -0.3 is 14.2 Å². The Kier molecular flexibility index (Phi) is 6.71. The highest BCUT2D eigenvalue weighted by atomic mass is 16.7. The molecule has 3 unspecified atom stereocenters. The molecule has 0 N–H and O–H groups in total. The van der Waals surface area contributed by atoms with Gasteiger partial charge in [-0.25, -0.2) is 5.01 Å². The molecule has 226 valence electrons. The highest BCUT2D eigenvalue weighted by Crippen LogP contribution is 2.55. The summed E-state index contributed by atoms with van der Waals surface area (Å²) in [4.78, 5) is 14.8. The van der Waals surface area contributed by atoms with Gasteiger partial charge in [0.1, 0.15) is 11.5 Å². The fourth-order valence-corrected chi connectivity index (χ4v) is 7.07. The van der Waals surface area contributed by atoms with Crippen molar-refractivity contribution in [1.29, 1.82) is 0 Å². The van der Waals surface area contributed by atoms with E-state index in [1.165, 1.54) is 0 Å². The molecule has 3 aliphatic rings. The zero-order chi connectivity index (χ0) is 31.4. The number of hydrogen-bond donors (Lipinski definition) is 0. The van der Waals surface area contributed by atoms with E-state index in [4.69, 9.17) is 19.3 Å². The number of amides is 1. The average Bonchev–Trinajstić information content (AvgIpc) is 3.11. The summed E-state index contributed by atoms with van der Waals surface area (Å²) in [6.07, 6.45) is 2.23. The van der Waals surface area contributed by atoms with Gasteiger partial charge in [-0.05, 0) is 59.3 Å². The molecule has 46 heavy (non-hydrogen) atoms. The van der Waals surface area contributed by atoms with E-state index in [-0.39, 0.29) is 11.8 Å². The number of rotatable bonds is 5. The highest BCUT2D eigenvalue weighted by Gasteiger charge is 2.52. The van der Waals surface area contributed by atoms with Crippen LogP contribution >= 0.6 is 0 Å². The largest absolute Gasteiger partial charge is 0.497 e. The third-order valence-corrected chi connectivity index (χ3v) is 9.31. The van der Waals surface area contributed by atoms with Crippen LogP contribution in [0.5, 0.6) is 11.5 Å². The minimum absolute atomic E-state index is 0.0876. The number of hydrogen-bond acceptors (Lipinski definition) is 5. The van der Waals surface area contributed by atoms with E-state index in [0.717, 1.165) is 67.1 Å². The molecule has 6 heteroatoms. The number of para-hydroxylation sites is 1. The first-order chi connectivity index (χ1) is 22.6. The van der Waals surface area contributed by atoms with E-state index < -0.39 is 11.8 Å². The Bertz CT molecular complexity index is 2080. The summed E-state index contributed by atoms with van der Waals surface area (Å²) < 4.78 is 18.2. The molecule has 1 aliphatic carbocycles. The maximum absolute atomic E-state index is 14.8. The van der Waals surface area contributed by atoms with Crippen molar-refractivity contribution in [3.63, 3.8) is 0 Å². The third-order valence-electron chi connectivity index (χ3n) is 9.31. The van der Waals surface area contributed by atoms with Gasteiger partial charge in [0.05, 0.1) is 37.1 Å². The van der Waals surface area contributed by atoms with E-state index in [1.807, 2.05) is 54.6 Å². The van der Waals surface area contributed by atoms with Gasteiger partial charge in [0, 0.05) is 22.8 Å². The van der Waals surface area contributed by atoms with Crippen LogP contribution in [0.1, 0.15) is 28.2 Å². The molecule has 8 rings (SSSR count). The predicted molar refractivity (Wildman–Crippen MR) is 181 cm³/mol. The lowest BCUT2D eigenvalue weighted by atomic mass is 9.63. The number of benzene rings is 5. The van der Waals surface area contributed by atoms with E-state index in [9.17, 15) is 4.79 Å². The van der Waals surface area contributed by atoms with Crippen molar-refractivity contribution in [3.8, 4) is 11.5 Å². The van der Waals surface area contributed by atoms with Gasteiger partial charge in [0.15, 0.2) is 0 Å². The number of ether oxygens (including phenoxy) is 3. The van der Waals surface area contributed by atoms with E-state index in [2.05, 4.69) is 73.7 Å². The summed E-state index contributed by atoms with van der Waals surface area (Å²) in [6, 6.07) is 38.4. The van der Waals surface area contributed by atoms with Gasteiger partial charge in [-0.1, -0.05) is 96.6 Å². The molecule has 1 amide bonds. The number of nitrogens with zero attached hydrogens (tertiary/aromatic N) is 2. The molecule has 2 heterocycles. The van der Waals surface area contributed by atoms with Crippen LogP contribution in [0, 0.1) is 18.8 Å². The van der Waals surface area contributed by atoms with Gasteiger partial charge in [0.25, 0.3) is 11.9 Å². The van der Waals surface area contributed by atoms with Gasteiger partial charge in [-0.2, -0.15) is 5.10 Å². The lowest BCUT2D eigenvalue weighted by Crippen LogP contribution is -2.50. The fraction of sp³-hybridized carbons (Fsp3) is 0.150. The Morgan fingerprint density at radius 1 is 0.783 bits per heavy atom. The molecular formula is C40H32N2O4. The molecule has 0 spiro atoms. The second kappa shape index (κ2) is 11.1. The molecule has 0 aromatic heterocycles. The lowest BCUT2D eigenvalue weighted by molar-refractivity contribution is -0.124. The molecule has 0 radical (unpaired) electrons. The van der Waals surface area contributed by atoms with Crippen LogP contribution in [0.4, 0.5) is 5.69 Å². The van der Waals surface area contributed by atoms with Crippen molar-refractivity contribution in [2.24, 2.45) is 16.9 Å². The van der Waals surface area contributed by atoms with E-state index in [0.29, 0.717) is 5.95 Å². The molecule has 0 saturated carbocycles. The van der Waals surface area contributed by atoms with Crippen LogP contribution in [0.15, 0.2) is 138 Å². The number of aryl methyl sites for hydroxylation is 1.